The van der Waals surface area contributed by atoms with Crippen LogP contribution in [0.2, 0.25) is 0 Å². The van der Waals surface area contributed by atoms with Crippen LogP contribution in [0.1, 0.15) is 42.5 Å². The van der Waals surface area contributed by atoms with Crippen LogP contribution < -0.4 is 14.8 Å². The number of amides is 1. The molecule has 1 amide bonds. The molecule has 0 aromatic heterocycles. The lowest BCUT2D eigenvalue weighted by molar-refractivity contribution is -0.105. The van der Waals surface area contributed by atoms with E-state index in [0.29, 0.717) is 17.0 Å². The minimum absolute atomic E-state index is 0.159. The largest absolute Gasteiger partial charge is 0.448 e. The first-order valence-electron chi connectivity index (χ1n) is 8.23. The van der Waals surface area contributed by atoms with E-state index in [4.69, 9.17) is 9.47 Å². The summed E-state index contributed by atoms with van der Waals surface area (Å²) in [4.78, 5) is 12.4. The van der Waals surface area contributed by atoms with E-state index in [1.54, 1.807) is 6.07 Å². The van der Waals surface area contributed by atoms with Crippen LogP contribution in [0.25, 0.3) is 0 Å². The third kappa shape index (κ3) is 2.88. The Labute approximate surface area is 149 Å². The van der Waals surface area contributed by atoms with Gasteiger partial charge in [0.2, 0.25) is 0 Å². The van der Waals surface area contributed by atoms with Crippen molar-refractivity contribution >= 4 is 27.5 Å². The van der Waals surface area contributed by atoms with Crippen molar-refractivity contribution in [3.05, 3.63) is 52.5 Å². The second kappa shape index (κ2) is 6.13. The average Bonchev–Trinajstić information content (AvgIpc) is 2.92. The molecule has 124 valence electrons. The molecule has 0 saturated heterocycles. The molecule has 5 heteroatoms. The highest BCUT2D eigenvalue weighted by molar-refractivity contribution is 9.10. The monoisotopic (exact) mass is 387 g/mol. The molecule has 1 spiro atoms. The summed E-state index contributed by atoms with van der Waals surface area (Å²) >= 11 is 3.40. The van der Waals surface area contributed by atoms with Gasteiger partial charge in [-0.2, -0.15) is 0 Å². The number of fused-ring (bicyclic) bond motifs is 1. The van der Waals surface area contributed by atoms with Crippen molar-refractivity contribution in [1.82, 2.24) is 0 Å². The first-order valence-corrected chi connectivity index (χ1v) is 9.03. The van der Waals surface area contributed by atoms with Crippen molar-refractivity contribution in [3.63, 3.8) is 0 Å². The van der Waals surface area contributed by atoms with Crippen LogP contribution in [0.15, 0.2) is 46.9 Å². The minimum Gasteiger partial charge on any atom is -0.448 e. The summed E-state index contributed by atoms with van der Waals surface area (Å²) in [6.07, 6.45) is 5.32. The second-order valence-corrected chi connectivity index (χ2v) is 7.13. The maximum absolute atomic E-state index is 12.4. The van der Waals surface area contributed by atoms with Crippen molar-refractivity contribution in [2.24, 2.45) is 0 Å². The topological polar surface area (TPSA) is 47.6 Å². The van der Waals surface area contributed by atoms with Gasteiger partial charge in [-0.25, -0.2) is 0 Å². The van der Waals surface area contributed by atoms with Crippen molar-refractivity contribution in [1.29, 1.82) is 0 Å². The van der Waals surface area contributed by atoms with Crippen LogP contribution >= 0.6 is 15.9 Å². The Bertz CT molecular complexity index is 784. The molecule has 0 unspecified atom stereocenters. The van der Waals surface area contributed by atoms with Gasteiger partial charge < -0.3 is 14.8 Å². The van der Waals surface area contributed by atoms with Gasteiger partial charge in [-0.1, -0.05) is 18.6 Å². The molecule has 0 atom stereocenters. The molecule has 1 fully saturated rings. The number of anilines is 1. The number of rotatable bonds is 2. The molecule has 2 aliphatic rings. The van der Waals surface area contributed by atoms with Crippen LogP contribution in [-0.2, 0) is 0 Å². The molecule has 4 rings (SSSR count). The van der Waals surface area contributed by atoms with Crippen molar-refractivity contribution < 1.29 is 14.3 Å². The van der Waals surface area contributed by atoms with Crippen LogP contribution in [0.5, 0.6) is 11.5 Å². The molecule has 4 nitrogen and oxygen atoms in total. The number of carbonyl (C=O) groups is 1. The summed E-state index contributed by atoms with van der Waals surface area (Å²) in [6.45, 7) is 0. The summed E-state index contributed by atoms with van der Waals surface area (Å²) in [5, 5.41) is 2.92. The number of benzene rings is 2. The van der Waals surface area contributed by atoms with Gasteiger partial charge in [0.05, 0.1) is 5.56 Å². The first kappa shape index (κ1) is 15.5. The molecule has 2 aromatic rings. The highest BCUT2D eigenvalue weighted by Gasteiger charge is 2.42. The predicted molar refractivity (Wildman–Crippen MR) is 95.6 cm³/mol. The minimum atomic E-state index is -0.494. The normalized spacial score (nSPS) is 17.7. The zero-order chi connectivity index (χ0) is 16.6. The SMILES string of the molecule is O=C(Nc1ccc2c(c1)OC1(CCCCC1)O2)c1ccccc1Br. The lowest BCUT2D eigenvalue weighted by Crippen LogP contribution is -2.40. The molecule has 0 radical (unpaired) electrons. The van der Waals surface area contributed by atoms with Gasteiger partial charge >= 0.3 is 0 Å². The Morgan fingerprint density at radius 2 is 1.75 bits per heavy atom. The molecule has 1 aliphatic heterocycles. The molecular weight excluding hydrogens is 370 g/mol. The van der Waals surface area contributed by atoms with Gasteiger partial charge in [-0.3, -0.25) is 4.79 Å². The van der Waals surface area contributed by atoms with Gasteiger partial charge in [0, 0.05) is 29.1 Å². The van der Waals surface area contributed by atoms with Gasteiger partial charge in [-0.05, 0) is 53.0 Å². The average molecular weight is 388 g/mol. The maximum atomic E-state index is 12.4. The third-order valence-electron chi connectivity index (χ3n) is 4.53. The molecule has 24 heavy (non-hydrogen) atoms. The summed E-state index contributed by atoms with van der Waals surface area (Å²) in [5.74, 6) is 0.817. The molecule has 0 bridgehead atoms. The molecular formula is C19H18BrNO3. The van der Waals surface area contributed by atoms with Crippen molar-refractivity contribution in [2.75, 3.05) is 5.32 Å². The molecule has 2 aromatic carbocycles. The quantitative estimate of drug-likeness (QED) is 0.776. The van der Waals surface area contributed by atoms with E-state index in [-0.39, 0.29) is 5.91 Å². The summed E-state index contributed by atoms with van der Waals surface area (Å²) < 4.78 is 12.9. The molecule has 1 saturated carbocycles. The predicted octanol–water partition coefficient (Wildman–Crippen LogP) is 5.13. The standard InChI is InChI=1S/C19H18BrNO3/c20-15-7-3-2-6-14(15)18(22)21-13-8-9-16-17(12-13)24-19(23-16)10-4-1-5-11-19/h2-3,6-9,12H,1,4-5,10-11H2,(H,21,22). The van der Waals surface area contributed by atoms with Crippen LogP contribution in [-0.4, -0.2) is 11.7 Å². The van der Waals surface area contributed by atoms with Gasteiger partial charge in [0.1, 0.15) is 0 Å². The number of ether oxygens (including phenoxy) is 2. The van der Waals surface area contributed by atoms with E-state index in [1.165, 1.54) is 6.42 Å². The molecule has 1 N–H and O–H groups in total. The van der Waals surface area contributed by atoms with Crippen LogP contribution in [0.4, 0.5) is 5.69 Å². The van der Waals surface area contributed by atoms with E-state index in [2.05, 4.69) is 21.2 Å². The third-order valence-corrected chi connectivity index (χ3v) is 5.22. The van der Waals surface area contributed by atoms with E-state index < -0.39 is 5.79 Å². The number of halogens is 1. The Morgan fingerprint density at radius 1 is 1.00 bits per heavy atom. The van der Waals surface area contributed by atoms with E-state index >= 15 is 0 Å². The zero-order valence-electron chi connectivity index (χ0n) is 13.2. The Morgan fingerprint density at radius 3 is 2.54 bits per heavy atom. The van der Waals surface area contributed by atoms with E-state index in [1.807, 2.05) is 36.4 Å². The smallest absolute Gasteiger partial charge is 0.256 e. The van der Waals surface area contributed by atoms with Crippen LogP contribution in [0, 0.1) is 0 Å². The number of carbonyl (C=O) groups excluding carboxylic acids is 1. The van der Waals surface area contributed by atoms with E-state index in [0.717, 1.165) is 35.9 Å². The molecule has 1 aliphatic carbocycles. The number of nitrogens with one attached hydrogen (secondary N) is 1. The highest BCUT2D eigenvalue weighted by atomic mass is 79.9. The van der Waals surface area contributed by atoms with Gasteiger partial charge in [0.25, 0.3) is 11.7 Å². The summed E-state index contributed by atoms with van der Waals surface area (Å²) in [7, 11) is 0. The first-order chi connectivity index (χ1) is 11.7. The fourth-order valence-corrected chi connectivity index (χ4v) is 3.77. The van der Waals surface area contributed by atoms with Crippen molar-refractivity contribution in [3.8, 4) is 11.5 Å². The fourth-order valence-electron chi connectivity index (χ4n) is 3.31. The molecule has 1 heterocycles. The van der Waals surface area contributed by atoms with Crippen LogP contribution in [0.3, 0.4) is 0 Å². The summed E-state index contributed by atoms with van der Waals surface area (Å²) in [5.41, 5.74) is 1.30. The Balaban J connectivity index is 1.52. The number of hydrogen-bond acceptors (Lipinski definition) is 3. The zero-order valence-corrected chi connectivity index (χ0v) is 14.8. The van der Waals surface area contributed by atoms with Gasteiger partial charge in [-0.15, -0.1) is 0 Å². The van der Waals surface area contributed by atoms with Gasteiger partial charge in [0.15, 0.2) is 11.5 Å². The van der Waals surface area contributed by atoms with Crippen molar-refractivity contribution in [2.45, 2.75) is 37.9 Å². The second-order valence-electron chi connectivity index (χ2n) is 6.27. The van der Waals surface area contributed by atoms with E-state index in [9.17, 15) is 4.79 Å². The Kier molecular flexibility index (Phi) is 3.96. The maximum Gasteiger partial charge on any atom is 0.256 e. The lowest BCUT2D eigenvalue weighted by atomic mass is 9.94. The highest BCUT2D eigenvalue weighted by Crippen LogP contribution is 2.46. The summed E-state index contributed by atoms with van der Waals surface area (Å²) in [6, 6.07) is 12.9. The Hall–Kier alpha value is -2.01. The fraction of sp³-hybridized carbons (Fsp3) is 0.316. The number of hydrogen-bond donors (Lipinski definition) is 1. The lowest BCUT2D eigenvalue weighted by Gasteiger charge is -2.31.